The molecule has 0 aliphatic rings. The second-order valence-corrected chi connectivity index (χ2v) is 12.5. The van der Waals surface area contributed by atoms with Crippen LogP contribution in [0.4, 0.5) is 10.5 Å². The van der Waals surface area contributed by atoms with Gasteiger partial charge in [0, 0.05) is 23.0 Å². The molecule has 8 heteroatoms. The molecule has 0 aliphatic carbocycles. The summed E-state index contributed by atoms with van der Waals surface area (Å²) in [5.74, 6) is 2.18. The lowest BCUT2D eigenvalue weighted by Crippen LogP contribution is -2.55. The third kappa shape index (κ3) is 9.26. The zero-order valence-corrected chi connectivity index (χ0v) is 26.8. The molecule has 3 unspecified atom stereocenters. The number of rotatable bonds is 11. The number of thiol groups is 1. The number of benzene rings is 3. The predicted octanol–water partition coefficient (Wildman–Crippen LogP) is 6.98. The number of carbonyl (C=O) groups excluding carboxylic acids is 3. The Kier molecular flexibility index (Phi) is 11.7. The molecule has 0 aliphatic heterocycles. The van der Waals surface area contributed by atoms with Crippen LogP contribution in [0.15, 0.2) is 66.7 Å². The number of fused-ring (bicyclic) bond motifs is 1. The fraction of sp³-hybridized carbons (Fsp3) is 0.400. The summed E-state index contributed by atoms with van der Waals surface area (Å²) >= 11 is 4.40. The summed E-state index contributed by atoms with van der Waals surface area (Å²) < 4.78 is 5.42. The van der Waals surface area contributed by atoms with E-state index in [1.165, 1.54) is 0 Å². The summed E-state index contributed by atoms with van der Waals surface area (Å²) in [5, 5.41) is 7.71. The van der Waals surface area contributed by atoms with Crippen molar-refractivity contribution in [3.63, 3.8) is 0 Å². The van der Waals surface area contributed by atoms with E-state index in [0.717, 1.165) is 17.2 Å². The second-order valence-electron chi connectivity index (χ2n) is 12.1. The van der Waals surface area contributed by atoms with Gasteiger partial charge in [-0.1, -0.05) is 68.3 Å². The lowest BCUT2D eigenvalue weighted by atomic mass is 9.94. The normalized spacial score (nSPS) is 13.5. The Hall–Kier alpha value is -3.96. The number of carbonyl (C=O) groups is 3. The van der Waals surface area contributed by atoms with Gasteiger partial charge in [0.05, 0.1) is 0 Å². The highest BCUT2D eigenvalue weighted by Gasteiger charge is 2.39. The van der Waals surface area contributed by atoms with Crippen molar-refractivity contribution >= 4 is 47.0 Å². The van der Waals surface area contributed by atoms with Crippen molar-refractivity contribution in [1.29, 1.82) is 0 Å². The van der Waals surface area contributed by atoms with Gasteiger partial charge in [0.2, 0.25) is 5.91 Å². The largest absolute Gasteiger partial charge is 0.444 e. The third-order valence-corrected chi connectivity index (χ3v) is 7.38. The maximum absolute atomic E-state index is 14.4. The van der Waals surface area contributed by atoms with E-state index in [9.17, 15) is 14.4 Å². The number of nitrogens with zero attached hydrogens (tertiary/aromatic N) is 1. The summed E-state index contributed by atoms with van der Waals surface area (Å²) in [4.78, 5) is 43.0. The van der Waals surface area contributed by atoms with Crippen LogP contribution in [0.1, 0.15) is 71.6 Å². The Labute approximate surface area is 261 Å². The Morgan fingerprint density at radius 2 is 1.60 bits per heavy atom. The first kappa shape index (κ1) is 33.5. The molecule has 3 rings (SSSR count). The summed E-state index contributed by atoms with van der Waals surface area (Å²) in [6, 6.07) is 18.1. The third-order valence-electron chi connectivity index (χ3n) is 7.02. The standard InChI is InChI=1S/C35H43N3O4S/c1-8-25-13-11-12-16-29(25)31(32(39)36-28-20-19-26-14-9-10-15-27(26)21-28)38(24(4)18-17-23(2)3)33(40)30(22-43)37-34(41)42-35(5,6)7/h1,9-16,19-21,23-24,30-31,43H,17-18,22H2,2-7H3,(H,36,39)(H,37,41). The average molecular weight is 602 g/mol. The quantitative estimate of drug-likeness (QED) is 0.164. The Morgan fingerprint density at radius 1 is 0.953 bits per heavy atom. The molecule has 0 bridgehead atoms. The number of alkyl carbamates (subject to hydrolysis) is 1. The Balaban J connectivity index is 2.10. The van der Waals surface area contributed by atoms with Gasteiger partial charge in [0.1, 0.15) is 17.7 Å². The average Bonchev–Trinajstić information content (AvgIpc) is 2.96. The molecule has 3 atom stereocenters. The van der Waals surface area contributed by atoms with Gasteiger partial charge < -0.3 is 20.3 Å². The van der Waals surface area contributed by atoms with Crippen LogP contribution >= 0.6 is 12.6 Å². The van der Waals surface area contributed by atoms with Crippen molar-refractivity contribution in [2.45, 2.75) is 78.1 Å². The van der Waals surface area contributed by atoms with E-state index in [1.54, 1.807) is 49.9 Å². The number of hydrogen-bond donors (Lipinski definition) is 3. The van der Waals surface area contributed by atoms with Gasteiger partial charge >= 0.3 is 6.09 Å². The van der Waals surface area contributed by atoms with Crippen molar-refractivity contribution in [1.82, 2.24) is 10.2 Å². The van der Waals surface area contributed by atoms with E-state index in [1.807, 2.05) is 49.4 Å². The SMILES string of the molecule is C#Cc1ccccc1C(C(=O)Nc1ccc2ccccc2c1)N(C(=O)C(CS)NC(=O)OC(C)(C)C)C(C)CCC(C)C. The highest BCUT2D eigenvalue weighted by molar-refractivity contribution is 7.80. The summed E-state index contributed by atoms with van der Waals surface area (Å²) in [6.45, 7) is 11.4. The first-order valence-electron chi connectivity index (χ1n) is 14.6. The van der Waals surface area contributed by atoms with Crippen molar-refractivity contribution < 1.29 is 19.1 Å². The van der Waals surface area contributed by atoms with E-state index in [-0.39, 0.29) is 11.8 Å². The molecular weight excluding hydrogens is 558 g/mol. The summed E-state index contributed by atoms with van der Waals surface area (Å²) in [7, 11) is 0. The van der Waals surface area contributed by atoms with Crippen LogP contribution in [0.2, 0.25) is 0 Å². The zero-order valence-electron chi connectivity index (χ0n) is 25.9. The van der Waals surface area contributed by atoms with Gasteiger partial charge in [0.25, 0.3) is 5.91 Å². The van der Waals surface area contributed by atoms with Gasteiger partial charge in [-0.15, -0.1) is 6.42 Å². The molecule has 0 fully saturated rings. The van der Waals surface area contributed by atoms with E-state index < -0.39 is 35.6 Å². The van der Waals surface area contributed by atoms with Crippen LogP contribution in [0.3, 0.4) is 0 Å². The number of anilines is 1. The van der Waals surface area contributed by atoms with E-state index >= 15 is 0 Å². The van der Waals surface area contributed by atoms with Crippen molar-refractivity contribution in [2.24, 2.45) is 5.92 Å². The molecule has 228 valence electrons. The first-order valence-corrected chi connectivity index (χ1v) is 15.3. The highest BCUT2D eigenvalue weighted by Crippen LogP contribution is 2.31. The van der Waals surface area contributed by atoms with Crippen LogP contribution in [-0.4, -0.2) is 46.2 Å². The predicted molar refractivity (Wildman–Crippen MR) is 177 cm³/mol. The highest BCUT2D eigenvalue weighted by atomic mass is 32.1. The van der Waals surface area contributed by atoms with Gasteiger partial charge in [-0.25, -0.2) is 4.79 Å². The number of hydrogen-bond acceptors (Lipinski definition) is 5. The van der Waals surface area contributed by atoms with E-state index in [0.29, 0.717) is 29.2 Å². The van der Waals surface area contributed by atoms with Crippen LogP contribution in [-0.2, 0) is 14.3 Å². The van der Waals surface area contributed by atoms with Gasteiger partial charge in [-0.3, -0.25) is 9.59 Å². The number of ether oxygens (including phenoxy) is 1. The second kappa shape index (κ2) is 15.0. The molecule has 0 spiro atoms. The lowest BCUT2D eigenvalue weighted by molar-refractivity contribution is -0.143. The maximum Gasteiger partial charge on any atom is 0.408 e. The fourth-order valence-corrected chi connectivity index (χ4v) is 5.14. The molecule has 2 N–H and O–H groups in total. The minimum Gasteiger partial charge on any atom is -0.444 e. The molecule has 3 aromatic rings. The lowest BCUT2D eigenvalue weighted by Gasteiger charge is -2.39. The molecule has 43 heavy (non-hydrogen) atoms. The smallest absolute Gasteiger partial charge is 0.408 e. The summed E-state index contributed by atoms with van der Waals surface area (Å²) in [6.07, 6.45) is 6.61. The van der Waals surface area contributed by atoms with Gasteiger partial charge in [-0.05, 0) is 81.0 Å². The fourth-order valence-electron chi connectivity index (χ4n) is 4.89. The van der Waals surface area contributed by atoms with Crippen molar-refractivity contribution in [3.05, 3.63) is 77.9 Å². The van der Waals surface area contributed by atoms with Crippen molar-refractivity contribution in [2.75, 3.05) is 11.1 Å². The van der Waals surface area contributed by atoms with Gasteiger partial charge in [0.15, 0.2) is 0 Å². The Morgan fingerprint density at radius 3 is 2.23 bits per heavy atom. The molecule has 7 nitrogen and oxygen atoms in total. The maximum atomic E-state index is 14.4. The van der Waals surface area contributed by atoms with Gasteiger partial charge in [-0.2, -0.15) is 12.6 Å². The number of terminal acetylenes is 1. The summed E-state index contributed by atoms with van der Waals surface area (Å²) in [5.41, 5.74) is 0.847. The number of amides is 3. The Bertz CT molecular complexity index is 1470. The molecule has 3 amide bonds. The molecule has 0 aromatic heterocycles. The number of nitrogens with one attached hydrogen (secondary N) is 2. The van der Waals surface area contributed by atoms with E-state index in [2.05, 4.69) is 43.0 Å². The topological polar surface area (TPSA) is 87.7 Å². The molecule has 0 saturated carbocycles. The molecule has 0 saturated heterocycles. The monoisotopic (exact) mass is 601 g/mol. The molecule has 0 heterocycles. The van der Waals surface area contributed by atoms with E-state index in [4.69, 9.17) is 11.2 Å². The van der Waals surface area contributed by atoms with Crippen LogP contribution in [0.5, 0.6) is 0 Å². The molecule has 0 radical (unpaired) electrons. The molecule has 3 aromatic carbocycles. The van der Waals surface area contributed by atoms with Crippen LogP contribution in [0, 0.1) is 18.3 Å². The van der Waals surface area contributed by atoms with Crippen LogP contribution < -0.4 is 10.6 Å². The minimum absolute atomic E-state index is 0.00127. The minimum atomic E-state index is -1.09. The first-order chi connectivity index (χ1) is 20.3. The van der Waals surface area contributed by atoms with Crippen molar-refractivity contribution in [3.8, 4) is 12.3 Å². The van der Waals surface area contributed by atoms with Crippen LogP contribution in [0.25, 0.3) is 10.8 Å². The zero-order chi connectivity index (χ0) is 31.7. The molecular formula is C35H43N3O4S.